The summed E-state index contributed by atoms with van der Waals surface area (Å²) < 4.78 is 5.55. The van der Waals surface area contributed by atoms with Gasteiger partial charge < -0.3 is 4.42 Å². The minimum Gasteiger partial charge on any atom is -0.463 e. The molecule has 0 radical (unpaired) electrons. The van der Waals surface area contributed by atoms with Crippen molar-refractivity contribution >= 4 is 17.1 Å². The van der Waals surface area contributed by atoms with E-state index < -0.39 is 11.6 Å². The van der Waals surface area contributed by atoms with Crippen molar-refractivity contribution in [1.29, 1.82) is 0 Å². The van der Waals surface area contributed by atoms with Crippen molar-refractivity contribution < 1.29 is 14.0 Å². The van der Waals surface area contributed by atoms with E-state index in [9.17, 15) is 9.59 Å². The number of hydrogen-bond acceptors (Lipinski definition) is 3. The Balaban J connectivity index is 2.27. The number of fused-ring (bicyclic) bond motifs is 3. The Kier molecular flexibility index (Phi) is 3.64. The maximum atomic E-state index is 12.6. The second-order valence-electron chi connectivity index (χ2n) is 5.82. The smallest absolute Gasteiger partial charge is 0.237 e. The number of hydrogen-bond donors (Lipinski definition) is 0. The van der Waals surface area contributed by atoms with E-state index >= 15 is 0 Å². The number of benzene rings is 1. The van der Waals surface area contributed by atoms with Crippen LogP contribution >= 0.6 is 0 Å². The second-order valence-corrected chi connectivity index (χ2v) is 5.82. The van der Waals surface area contributed by atoms with Crippen LogP contribution in [0.5, 0.6) is 0 Å². The molecule has 0 saturated heterocycles. The van der Waals surface area contributed by atoms with E-state index in [0.717, 1.165) is 16.7 Å². The van der Waals surface area contributed by atoms with Crippen LogP contribution in [0.2, 0.25) is 0 Å². The minimum atomic E-state index is -0.478. The SMILES string of the molecule is C/C=C\C=C(\C)c1ccc2c(c1C)C(=O)C(=O)c1c(C)coc1-2. The van der Waals surface area contributed by atoms with Crippen LogP contribution in [0.4, 0.5) is 0 Å². The van der Waals surface area contributed by atoms with E-state index in [2.05, 4.69) is 0 Å². The Hall–Kier alpha value is -2.68. The van der Waals surface area contributed by atoms with Crippen molar-refractivity contribution in [3.63, 3.8) is 0 Å². The molecular weight excluding hydrogens is 288 g/mol. The quantitative estimate of drug-likeness (QED) is 0.584. The number of furan rings is 1. The lowest BCUT2D eigenvalue weighted by molar-refractivity contribution is 0.0814. The molecule has 0 N–H and O–H groups in total. The molecule has 0 amide bonds. The van der Waals surface area contributed by atoms with Crippen LogP contribution in [0.25, 0.3) is 16.9 Å². The summed E-state index contributed by atoms with van der Waals surface area (Å²) in [6.45, 7) is 7.61. The van der Waals surface area contributed by atoms with Gasteiger partial charge in [0.1, 0.15) is 5.76 Å². The average Bonchev–Trinajstić information content (AvgIpc) is 2.92. The van der Waals surface area contributed by atoms with Crippen molar-refractivity contribution in [2.45, 2.75) is 27.7 Å². The van der Waals surface area contributed by atoms with Gasteiger partial charge in [-0.1, -0.05) is 24.3 Å². The fourth-order valence-corrected chi connectivity index (χ4v) is 3.10. The first-order valence-corrected chi connectivity index (χ1v) is 7.58. The van der Waals surface area contributed by atoms with Crippen LogP contribution in [-0.2, 0) is 0 Å². The van der Waals surface area contributed by atoms with E-state index in [1.54, 1.807) is 6.92 Å². The first kappa shape index (κ1) is 15.2. The van der Waals surface area contributed by atoms with Gasteiger partial charge in [-0.3, -0.25) is 9.59 Å². The highest BCUT2D eigenvalue weighted by atomic mass is 16.3. The highest BCUT2D eigenvalue weighted by Gasteiger charge is 2.36. The largest absolute Gasteiger partial charge is 0.463 e. The van der Waals surface area contributed by atoms with Crippen LogP contribution in [0.15, 0.2) is 41.0 Å². The summed E-state index contributed by atoms with van der Waals surface area (Å²) in [6.07, 6.45) is 7.43. The molecule has 0 bridgehead atoms. The Labute approximate surface area is 135 Å². The Morgan fingerprint density at radius 2 is 1.78 bits per heavy atom. The van der Waals surface area contributed by atoms with Gasteiger partial charge in [0, 0.05) is 11.1 Å². The van der Waals surface area contributed by atoms with E-state index in [4.69, 9.17) is 4.42 Å². The number of ketones is 2. The molecule has 23 heavy (non-hydrogen) atoms. The Bertz CT molecular complexity index is 892. The van der Waals surface area contributed by atoms with Gasteiger partial charge in [0.05, 0.1) is 11.8 Å². The topological polar surface area (TPSA) is 47.3 Å². The van der Waals surface area contributed by atoms with E-state index in [1.807, 2.05) is 51.1 Å². The molecule has 3 rings (SSSR count). The van der Waals surface area contributed by atoms with E-state index in [-0.39, 0.29) is 0 Å². The molecule has 0 saturated carbocycles. The van der Waals surface area contributed by atoms with Crippen molar-refractivity contribution in [1.82, 2.24) is 0 Å². The van der Waals surface area contributed by atoms with E-state index in [1.165, 1.54) is 6.26 Å². The lowest BCUT2D eigenvalue weighted by Crippen LogP contribution is -2.22. The zero-order chi connectivity index (χ0) is 16.7. The Morgan fingerprint density at radius 1 is 1.09 bits per heavy atom. The minimum absolute atomic E-state index is 0.399. The number of Topliss-reactive ketones (excluding diaryl/α,β-unsaturated/α-hetero) is 2. The van der Waals surface area contributed by atoms with Crippen molar-refractivity contribution in [2.24, 2.45) is 0 Å². The standard InChI is InChI=1S/C20H18O3/c1-5-6-7-11(2)14-8-9-15-17(13(14)4)19(22)18(21)16-12(3)10-23-20(15)16/h5-10H,1-4H3/b6-5-,11-7-. The fraction of sp³-hybridized carbons (Fsp3) is 0.200. The monoisotopic (exact) mass is 306 g/mol. The van der Waals surface area contributed by atoms with Crippen molar-refractivity contribution in [3.8, 4) is 11.3 Å². The zero-order valence-corrected chi connectivity index (χ0v) is 13.7. The number of carbonyl (C=O) groups is 2. The zero-order valence-electron chi connectivity index (χ0n) is 13.7. The lowest BCUT2D eigenvalue weighted by atomic mass is 9.82. The highest BCUT2D eigenvalue weighted by molar-refractivity contribution is 6.53. The van der Waals surface area contributed by atoms with Crippen LogP contribution in [0.3, 0.4) is 0 Å². The van der Waals surface area contributed by atoms with Gasteiger partial charge >= 0.3 is 0 Å². The molecule has 1 aliphatic rings. The normalized spacial score (nSPS) is 14.3. The molecule has 1 heterocycles. The molecule has 1 aliphatic carbocycles. The maximum Gasteiger partial charge on any atom is 0.237 e. The van der Waals surface area contributed by atoms with Crippen LogP contribution in [0, 0.1) is 13.8 Å². The number of aryl methyl sites for hydroxylation is 1. The molecule has 3 nitrogen and oxygen atoms in total. The van der Waals surface area contributed by atoms with Gasteiger partial charge in [0.15, 0.2) is 0 Å². The summed E-state index contributed by atoms with van der Waals surface area (Å²) in [4.78, 5) is 25.0. The molecule has 1 aromatic carbocycles. The molecule has 3 heteroatoms. The summed E-state index contributed by atoms with van der Waals surface area (Å²) >= 11 is 0. The molecule has 2 aromatic rings. The molecule has 116 valence electrons. The summed E-state index contributed by atoms with van der Waals surface area (Å²) in [5.41, 5.74) is 5.10. The van der Waals surface area contributed by atoms with Crippen molar-refractivity contribution in [2.75, 3.05) is 0 Å². The maximum absolute atomic E-state index is 12.6. The van der Waals surface area contributed by atoms with Crippen molar-refractivity contribution in [3.05, 3.63) is 64.4 Å². The fourth-order valence-electron chi connectivity index (χ4n) is 3.10. The van der Waals surface area contributed by atoms with Gasteiger partial charge in [-0.05, 0) is 56.0 Å². The molecule has 1 aromatic heterocycles. The molecule has 0 spiro atoms. The first-order valence-electron chi connectivity index (χ1n) is 7.58. The van der Waals surface area contributed by atoms with E-state index in [0.29, 0.717) is 28.0 Å². The lowest BCUT2D eigenvalue weighted by Gasteiger charge is -2.18. The third-order valence-electron chi connectivity index (χ3n) is 4.31. The highest BCUT2D eigenvalue weighted by Crippen LogP contribution is 2.39. The first-order chi connectivity index (χ1) is 11.0. The molecular formula is C20H18O3. The number of allylic oxidation sites excluding steroid dienone is 4. The van der Waals surface area contributed by atoms with Gasteiger partial charge in [-0.2, -0.15) is 0 Å². The molecule has 0 unspecified atom stereocenters. The predicted octanol–water partition coefficient (Wildman–Crippen LogP) is 4.92. The summed E-state index contributed by atoms with van der Waals surface area (Å²) in [5.74, 6) is -0.420. The van der Waals surface area contributed by atoms with Gasteiger partial charge in [-0.25, -0.2) is 0 Å². The third-order valence-corrected chi connectivity index (χ3v) is 4.31. The van der Waals surface area contributed by atoms with Crippen LogP contribution < -0.4 is 0 Å². The number of rotatable bonds is 2. The molecule has 0 fully saturated rings. The van der Waals surface area contributed by atoms with Crippen LogP contribution in [0.1, 0.15) is 51.3 Å². The van der Waals surface area contributed by atoms with Gasteiger partial charge in [0.25, 0.3) is 0 Å². The second kappa shape index (κ2) is 5.51. The predicted molar refractivity (Wildman–Crippen MR) is 90.7 cm³/mol. The summed E-state index contributed by atoms with van der Waals surface area (Å²) in [5, 5.41) is 0. The molecule has 0 aliphatic heterocycles. The third kappa shape index (κ3) is 2.20. The van der Waals surface area contributed by atoms with Gasteiger partial charge in [0.2, 0.25) is 11.6 Å². The average molecular weight is 306 g/mol. The summed E-state index contributed by atoms with van der Waals surface area (Å²) in [7, 11) is 0. The number of carbonyl (C=O) groups excluding carboxylic acids is 2. The van der Waals surface area contributed by atoms with Crippen LogP contribution in [-0.4, -0.2) is 11.6 Å². The Morgan fingerprint density at radius 3 is 2.48 bits per heavy atom. The molecule has 0 atom stereocenters. The summed E-state index contributed by atoms with van der Waals surface area (Å²) in [6, 6.07) is 3.85. The van der Waals surface area contributed by atoms with Gasteiger partial charge in [-0.15, -0.1) is 0 Å².